The molecular weight excluding hydrogens is 262 g/mol. The lowest BCUT2D eigenvalue weighted by molar-refractivity contribution is 0.0599. The van der Waals surface area contributed by atoms with Crippen molar-refractivity contribution in [2.45, 2.75) is 19.8 Å². The second-order valence-corrected chi connectivity index (χ2v) is 4.67. The molecule has 0 saturated carbocycles. The zero-order valence-electron chi connectivity index (χ0n) is 11.4. The van der Waals surface area contributed by atoms with E-state index in [1.165, 1.54) is 13.2 Å². The summed E-state index contributed by atoms with van der Waals surface area (Å²) in [6, 6.07) is 5.00. The summed E-state index contributed by atoms with van der Waals surface area (Å²) in [6.07, 6.45) is -1.39. The van der Waals surface area contributed by atoms with Gasteiger partial charge in [0.05, 0.1) is 12.7 Å². The maximum atomic E-state index is 11.8. The van der Waals surface area contributed by atoms with E-state index in [-0.39, 0.29) is 11.8 Å². The Labute approximate surface area is 115 Å². The van der Waals surface area contributed by atoms with Gasteiger partial charge >= 0.3 is 12.1 Å². The molecule has 0 atom stereocenters. The Morgan fingerprint density at radius 1 is 1.25 bits per heavy atom. The van der Waals surface area contributed by atoms with Gasteiger partial charge in [0, 0.05) is 17.0 Å². The highest BCUT2D eigenvalue weighted by molar-refractivity contribution is 5.97. The Hall–Kier alpha value is -2.50. The smallest absolute Gasteiger partial charge is 0.465 e. The summed E-state index contributed by atoms with van der Waals surface area (Å²) in [5, 5.41) is 9.29. The van der Waals surface area contributed by atoms with E-state index < -0.39 is 12.1 Å². The van der Waals surface area contributed by atoms with Crippen LogP contribution in [0.1, 0.15) is 35.7 Å². The summed E-state index contributed by atoms with van der Waals surface area (Å²) in [6.45, 7) is 3.93. The number of fused-ring (bicyclic) bond motifs is 1. The van der Waals surface area contributed by atoms with Crippen LogP contribution in [0.15, 0.2) is 18.2 Å². The number of rotatable bonds is 3. The number of esters is 1. The van der Waals surface area contributed by atoms with Crippen LogP contribution in [0.4, 0.5) is 4.79 Å². The monoisotopic (exact) mass is 277 g/mol. The van der Waals surface area contributed by atoms with Crippen molar-refractivity contribution in [3.05, 3.63) is 29.3 Å². The summed E-state index contributed by atoms with van der Waals surface area (Å²) in [4.78, 5) is 25.2. The molecule has 0 fully saturated rings. The van der Waals surface area contributed by atoms with Crippen molar-refractivity contribution in [1.82, 2.24) is 4.98 Å². The molecule has 6 heteroatoms. The number of aromatic nitrogens is 1. The minimum atomic E-state index is -1.39. The molecule has 0 bridgehead atoms. The SMILES string of the molecule is COC(=O)c1cc2cc(OC(=O)O)[nH]c2cc1C(C)C. The highest BCUT2D eigenvalue weighted by Gasteiger charge is 2.17. The molecule has 0 saturated heterocycles. The minimum Gasteiger partial charge on any atom is -0.465 e. The van der Waals surface area contributed by atoms with Crippen LogP contribution in [0.5, 0.6) is 5.88 Å². The van der Waals surface area contributed by atoms with Crippen LogP contribution in [0.2, 0.25) is 0 Å². The average Bonchev–Trinajstić information content (AvgIpc) is 2.76. The van der Waals surface area contributed by atoms with Gasteiger partial charge in [-0.15, -0.1) is 0 Å². The number of carboxylic acid groups (broad SMARTS) is 1. The molecule has 106 valence electrons. The molecule has 0 aliphatic heterocycles. The first-order valence-electron chi connectivity index (χ1n) is 6.08. The average molecular weight is 277 g/mol. The first kappa shape index (κ1) is 13.9. The number of nitrogens with one attached hydrogen (secondary N) is 1. The van der Waals surface area contributed by atoms with Crippen molar-refractivity contribution in [1.29, 1.82) is 0 Å². The molecule has 1 heterocycles. The fourth-order valence-corrected chi connectivity index (χ4v) is 2.08. The summed E-state index contributed by atoms with van der Waals surface area (Å²) in [5.74, 6) is -0.178. The van der Waals surface area contributed by atoms with Crippen molar-refractivity contribution in [2.24, 2.45) is 0 Å². The Morgan fingerprint density at radius 2 is 1.95 bits per heavy atom. The number of carbonyl (C=O) groups is 2. The molecule has 0 unspecified atom stereocenters. The molecule has 2 rings (SSSR count). The largest absolute Gasteiger partial charge is 0.512 e. The van der Waals surface area contributed by atoms with Gasteiger partial charge in [0.25, 0.3) is 0 Å². The fraction of sp³-hybridized carbons (Fsp3) is 0.286. The van der Waals surface area contributed by atoms with E-state index in [0.29, 0.717) is 16.5 Å². The van der Waals surface area contributed by atoms with Gasteiger partial charge in [-0.25, -0.2) is 9.59 Å². The van der Waals surface area contributed by atoms with E-state index in [1.54, 1.807) is 12.1 Å². The minimum absolute atomic E-state index is 0.115. The number of carbonyl (C=O) groups excluding carboxylic acids is 1. The maximum absolute atomic E-state index is 11.8. The molecule has 6 nitrogen and oxygen atoms in total. The number of benzene rings is 1. The number of ether oxygens (including phenoxy) is 2. The number of methoxy groups -OCH3 is 1. The van der Waals surface area contributed by atoms with Gasteiger partial charge < -0.3 is 19.6 Å². The van der Waals surface area contributed by atoms with Gasteiger partial charge in [-0.3, -0.25) is 0 Å². The van der Waals surface area contributed by atoms with Crippen LogP contribution in [-0.4, -0.2) is 29.3 Å². The molecule has 0 radical (unpaired) electrons. The van der Waals surface area contributed by atoms with Gasteiger partial charge in [-0.2, -0.15) is 0 Å². The Morgan fingerprint density at radius 3 is 2.50 bits per heavy atom. The summed E-state index contributed by atoms with van der Waals surface area (Å²) in [7, 11) is 1.33. The first-order valence-corrected chi connectivity index (χ1v) is 6.08. The molecule has 0 amide bonds. The van der Waals surface area contributed by atoms with Crippen molar-refractivity contribution in [3.8, 4) is 5.88 Å². The van der Waals surface area contributed by atoms with E-state index in [9.17, 15) is 9.59 Å². The summed E-state index contributed by atoms with van der Waals surface area (Å²) >= 11 is 0. The summed E-state index contributed by atoms with van der Waals surface area (Å²) in [5.41, 5.74) is 2.00. The van der Waals surface area contributed by atoms with Gasteiger partial charge in [0.1, 0.15) is 0 Å². The second-order valence-electron chi connectivity index (χ2n) is 4.67. The van der Waals surface area contributed by atoms with Gasteiger partial charge in [0.15, 0.2) is 0 Å². The fourth-order valence-electron chi connectivity index (χ4n) is 2.08. The molecule has 2 aromatic rings. The number of hydrogen-bond donors (Lipinski definition) is 2. The van der Waals surface area contributed by atoms with E-state index in [1.807, 2.05) is 13.8 Å². The van der Waals surface area contributed by atoms with Crippen LogP contribution in [-0.2, 0) is 4.74 Å². The normalized spacial score (nSPS) is 10.8. The third-order valence-electron chi connectivity index (χ3n) is 2.99. The van der Waals surface area contributed by atoms with Gasteiger partial charge in [-0.05, 0) is 23.6 Å². The van der Waals surface area contributed by atoms with E-state index in [4.69, 9.17) is 9.84 Å². The molecule has 0 aliphatic rings. The molecule has 20 heavy (non-hydrogen) atoms. The molecule has 0 spiro atoms. The standard InChI is InChI=1S/C14H15NO5/c1-7(2)9-6-11-8(4-10(9)13(16)19-3)5-12(15-11)20-14(17)18/h4-7,15H,1-3H3,(H,17,18). The number of aromatic amines is 1. The first-order chi connectivity index (χ1) is 9.42. The van der Waals surface area contributed by atoms with Crippen molar-refractivity contribution >= 4 is 23.0 Å². The quantitative estimate of drug-likeness (QED) is 0.841. The molecule has 1 aromatic heterocycles. The zero-order valence-corrected chi connectivity index (χ0v) is 11.4. The van der Waals surface area contributed by atoms with E-state index in [0.717, 1.165) is 5.56 Å². The lowest BCUT2D eigenvalue weighted by atomic mass is 9.96. The maximum Gasteiger partial charge on any atom is 0.512 e. The van der Waals surface area contributed by atoms with Gasteiger partial charge in [0.2, 0.25) is 5.88 Å². The third kappa shape index (κ3) is 2.59. The predicted molar refractivity (Wildman–Crippen MR) is 72.4 cm³/mol. The third-order valence-corrected chi connectivity index (χ3v) is 2.99. The molecular formula is C14H15NO5. The van der Waals surface area contributed by atoms with Crippen molar-refractivity contribution < 1.29 is 24.2 Å². The summed E-state index contributed by atoms with van der Waals surface area (Å²) < 4.78 is 9.34. The Kier molecular flexibility index (Phi) is 3.65. The Bertz CT molecular complexity index is 671. The lowest BCUT2D eigenvalue weighted by Gasteiger charge is -2.11. The Balaban J connectivity index is 2.58. The topological polar surface area (TPSA) is 88.6 Å². The van der Waals surface area contributed by atoms with Crippen LogP contribution >= 0.6 is 0 Å². The lowest BCUT2D eigenvalue weighted by Crippen LogP contribution is -2.06. The van der Waals surface area contributed by atoms with Crippen LogP contribution < -0.4 is 4.74 Å². The highest BCUT2D eigenvalue weighted by Crippen LogP contribution is 2.28. The van der Waals surface area contributed by atoms with E-state index in [2.05, 4.69) is 9.72 Å². The van der Waals surface area contributed by atoms with E-state index >= 15 is 0 Å². The zero-order chi connectivity index (χ0) is 14.9. The van der Waals surface area contributed by atoms with Crippen LogP contribution in [0.25, 0.3) is 10.9 Å². The second kappa shape index (κ2) is 5.24. The van der Waals surface area contributed by atoms with Crippen LogP contribution in [0.3, 0.4) is 0 Å². The highest BCUT2D eigenvalue weighted by atomic mass is 16.7. The molecule has 1 aromatic carbocycles. The number of H-pyrrole nitrogens is 1. The van der Waals surface area contributed by atoms with Crippen molar-refractivity contribution in [3.63, 3.8) is 0 Å². The number of hydrogen-bond acceptors (Lipinski definition) is 4. The molecule has 0 aliphatic carbocycles. The van der Waals surface area contributed by atoms with Crippen molar-refractivity contribution in [2.75, 3.05) is 7.11 Å². The van der Waals surface area contributed by atoms with Crippen LogP contribution in [0, 0.1) is 0 Å². The van der Waals surface area contributed by atoms with Gasteiger partial charge in [-0.1, -0.05) is 13.8 Å². The molecule has 2 N–H and O–H groups in total. The predicted octanol–water partition coefficient (Wildman–Crippen LogP) is 3.13.